The minimum absolute atomic E-state index is 0.0840. The van der Waals surface area contributed by atoms with Gasteiger partial charge >= 0.3 is 0 Å². The van der Waals surface area contributed by atoms with Crippen LogP contribution < -0.4 is 10.0 Å². The first kappa shape index (κ1) is 23.1. The fourth-order valence-electron chi connectivity index (χ4n) is 2.84. The van der Waals surface area contributed by atoms with Crippen LogP contribution in [-0.2, 0) is 24.7 Å². The van der Waals surface area contributed by atoms with E-state index in [1.165, 1.54) is 49.4 Å². The summed E-state index contributed by atoms with van der Waals surface area (Å²) in [6, 6.07) is 13.4. The molecule has 0 aliphatic carbocycles. The van der Waals surface area contributed by atoms with E-state index >= 15 is 0 Å². The monoisotopic (exact) mass is 482 g/mol. The first-order chi connectivity index (χ1) is 14.6. The predicted octanol–water partition coefficient (Wildman–Crippen LogP) is 3.34. The van der Waals surface area contributed by atoms with Crippen molar-refractivity contribution in [1.82, 2.24) is 4.72 Å². The van der Waals surface area contributed by atoms with Crippen LogP contribution in [0.4, 0.5) is 10.1 Å². The van der Waals surface area contributed by atoms with Gasteiger partial charge in [-0.2, -0.15) is 0 Å². The Labute approximate surface area is 183 Å². The molecule has 0 saturated carbocycles. The fraction of sp³-hybridized carbons (Fsp3) is 0.150. The summed E-state index contributed by atoms with van der Waals surface area (Å²) in [5.74, 6) is -0.828. The molecule has 1 aromatic heterocycles. The number of carbonyl (C=O) groups excluding carboxylic acids is 1. The number of sulfone groups is 1. The van der Waals surface area contributed by atoms with Gasteiger partial charge in [0.15, 0.2) is 9.84 Å². The SMILES string of the molecule is CC(=O)Nc1ccc(S(=O)(=O)NC[C@@H](c2ccc(F)cc2)S(=O)(=O)c2cccs2)cc1. The van der Waals surface area contributed by atoms with Crippen LogP contribution in [-0.4, -0.2) is 29.3 Å². The predicted molar refractivity (Wildman–Crippen MR) is 117 cm³/mol. The number of anilines is 1. The van der Waals surface area contributed by atoms with Gasteiger partial charge in [-0.25, -0.2) is 25.9 Å². The molecule has 2 N–H and O–H groups in total. The molecule has 2 aromatic carbocycles. The number of amides is 1. The minimum atomic E-state index is -4.04. The van der Waals surface area contributed by atoms with Gasteiger partial charge in [-0.3, -0.25) is 4.79 Å². The number of rotatable bonds is 8. The fourth-order valence-corrected chi connectivity index (χ4v) is 6.86. The van der Waals surface area contributed by atoms with E-state index in [1.807, 2.05) is 0 Å². The molecule has 3 aromatic rings. The third kappa shape index (κ3) is 5.56. The zero-order valence-electron chi connectivity index (χ0n) is 16.3. The van der Waals surface area contributed by atoms with Crippen LogP contribution in [0.15, 0.2) is 75.1 Å². The van der Waals surface area contributed by atoms with Gasteiger partial charge in [-0.05, 0) is 53.4 Å². The average molecular weight is 483 g/mol. The molecule has 0 fully saturated rings. The highest BCUT2D eigenvalue weighted by molar-refractivity contribution is 7.93. The van der Waals surface area contributed by atoms with E-state index in [-0.39, 0.29) is 20.6 Å². The maximum Gasteiger partial charge on any atom is 0.240 e. The highest BCUT2D eigenvalue weighted by Gasteiger charge is 2.31. The van der Waals surface area contributed by atoms with E-state index in [0.717, 1.165) is 23.5 Å². The van der Waals surface area contributed by atoms with Gasteiger partial charge < -0.3 is 5.32 Å². The Bertz CT molecular complexity index is 1260. The lowest BCUT2D eigenvalue weighted by Gasteiger charge is -2.18. The van der Waals surface area contributed by atoms with Crippen molar-refractivity contribution >= 4 is 42.8 Å². The molecule has 0 aliphatic heterocycles. The molecule has 31 heavy (non-hydrogen) atoms. The van der Waals surface area contributed by atoms with Gasteiger partial charge in [0.25, 0.3) is 0 Å². The highest BCUT2D eigenvalue weighted by atomic mass is 32.2. The molecule has 0 spiro atoms. The van der Waals surface area contributed by atoms with Crippen LogP contribution in [0.2, 0.25) is 0 Å². The Balaban J connectivity index is 1.88. The van der Waals surface area contributed by atoms with E-state index < -0.39 is 37.5 Å². The molecule has 0 aliphatic rings. The molecule has 1 amide bonds. The molecule has 0 saturated heterocycles. The van der Waals surface area contributed by atoms with Crippen molar-refractivity contribution in [2.75, 3.05) is 11.9 Å². The second-order valence-electron chi connectivity index (χ2n) is 6.57. The Morgan fingerprint density at radius 1 is 1.00 bits per heavy atom. The van der Waals surface area contributed by atoms with Crippen molar-refractivity contribution in [3.63, 3.8) is 0 Å². The van der Waals surface area contributed by atoms with Crippen LogP contribution in [0.5, 0.6) is 0 Å². The van der Waals surface area contributed by atoms with Crippen LogP contribution in [0, 0.1) is 5.82 Å². The minimum Gasteiger partial charge on any atom is -0.326 e. The lowest BCUT2D eigenvalue weighted by molar-refractivity contribution is -0.114. The number of sulfonamides is 1. The number of hydrogen-bond donors (Lipinski definition) is 2. The molecule has 0 unspecified atom stereocenters. The van der Waals surface area contributed by atoms with Crippen molar-refractivity contribution in [2.45, 2.75) is 21.3 Å². The summed E-state index contributed by atoms with van der Waals surface area (Å²) in [6.07, 6.45) is 0. The second-order valence-corrected chi connectivity index (χ2v) is 11.6. The molecule has 7 nitrogen and oxygen atoms in total. The summed E-state index contributed by atoms with van der Waals surface area (Å²) < 4.78 is 67.4. The first-order valence-corrected chi connectivity index (χ1v) is 12.9. The van der Waals surface area contributed by atoms with Crippen molar-refractivity contribution in [3.8, 4) is 0 Å². The third-order valence-corrected chi connectivity index (χ3v) is 9.31. The van der Waals surface area contributed by atoms with Crippen molar-refractivity contribution in [2.24, 2.45) is 0 Å². The number of hydrogen-bond acceptors (Lipinski definition) is 6. The summed E-state index contributed by atoms with van der Waals surface area (Å²) >= 11 is 1.02. The summed E-state index contributed by atoms with van der Waals surface area (Å²) in [7, 11) is -7.97. The Kier molecular flexibility index (Phi) is 6.90. The normalized spacial score (nSPS) is 13.0. The van der Waals surface area contributed by atoms with Crippen molar-refractivity contribution in [1.29, 1.82) is 0 Å². The van der Waals surface area contributed by atoms with E-state index in [0.29, 0.717) is 5.69 Å². The van der Waals surface area contributed by atoms with Gasteiger partial charge in [0.05, 0.1) is 4.90 Å². The smallest absolute Gasteiger partial charge is 0.240 e. The summed E-state index contributed by atoms with van der Waals surface area (Å²) in [5, 5.41) is 2.89. The van der Waals surface area contributed by atoms with Crippen LogP contribution >= 0.6 is 11.3 Å². The lowest BCUT2D eigenvalue weighted by atomic mass is 10.1. The average Bonchev–Trinajstić information content (AvgIpc) is 3.25. The second kappa shape index (κ2) is 9.27. The molecule has 164 valence electrons. The van der Waals surface area contributed by atoms with Gasteiger partial charge in [0.2, 0.25) is 15.9 Å². The topological polar surface area (TPSA) is 109 Å². The van der Waals surface area contributed by atoms with Crippen molar-refractivity contribution < 1.29 is 26.0 Å². The van der Waals surface area contributed by atoms with Crippen LogP contribution in [0.1, 0.15) is 17.7 Å². The van der Waals surface area contributed by atoms with Gasteiger partial charge in [0, 0.05) is 19.2 Å². The Hall–Kier alpha value is -2.60. The summed E-state index contributed by atoms with van der Waals surface area (Å²) in [6.45, 7) is 0.886. The molecular weight excluding hydrogens is 463 g/mol. The summed E-state index contributed by atoms with van der Waals surface area (Å²) in [4.78, 5) is 11.0. The Morgan fingerprint density at radius 3 is 2.19 bits per heavy atom. The van der Waals surface area contributed by atoms with Crippen molar-refractivity contribution in [3.05, 3.63) is 77.4 Å². The number of halogens is 1. The molecule has 0 radical (unpaired) electrons. The van der Waals surface area contributed by atoms with Crippen LogP contribution in [0.25, 0.3) is 0 Å². The van der Waals surface area contributed by atoms with E-state index in [1.54, 1.807) is 11.4 Å². The maximum absolute atomic E-state index is 13.3. The largest absolute Gasteiger partial charge is 0.326 e. The standard InChI is InChI=1S/C20H19FN2O5S3/c1-14(24)23-17-8-10-18(11-9-17)31(27,28)22-13-19(15-4-6-16(21)7-5-15)30(25,26)20-3-2-12-29-20/h2-12,19,22H,13H2,1H3,(H,23,24)/t19-/m0/s1. The van der Waals surface area contributed by atoms with E-state index in [4.69, 9.17) is 0 Å². The zero-order chi connectivity index (χ0) is 22.6. The number of nitrogens with one attached hydrogen (secondary N) is 2. The molecule has 11 heteroatoms. The number of benzene rings is 2. The zero-order valence-corrected chi connectivity index (χ0v) is 18.7. The summed E-state index contributed by atoms with van der Waals surface area (Å²) in [5.41, 5.74) is 0.689. The highest BCUT2D eigenvalue weighted by Crippen LogP contribution is 2.31. The van der Waals surface area contributed by atoms with E-state index in [9.17, 15) is 26.0 Å². The first-order valence-electron chi connectivity index (χ1n) is 9.00. The number of carbonyl (C=O) groups is 1. The quantitative estimate of drug-likeness (QED) is 0.512. The molecule has 1 heterocycles. The van der Waals surface area contributed by atoms with E-state index in [2.05, 4.69) is 10.0 Å². The lowest BCUT2D eigenvalue weighted by Crippen LogP contribution is -2.31. The Morgan fingerprint density at radius 2 is 1.65 bits per heavy atom. The third-order valence-electron chi connectivity index (χ3n) is 4.34. The molecule has 3 rings (SSSR count). The number of thiophene rings is 1. The van der Waals surface area contributed by atoms with Gasteiger partial charge in [-0.1, -0.05) is 18.2 Å². The van der Waals surface area contributed by atoms with Gasteiger partial charge in [-0.15, -0.1) is 11.3 Å². The molecule has 1 atom stereocenters. The molecule has 0 bridgehead atoms. The molecular formula is C20H19FN2O5S3. The maximum atomic E-state index is 13.3. The van der Waals surface area contributed by atoms with Crippen LogP contribution in [0.3, 0.4) is 0 Å². The van der Waals surface area contributed by atoms with Gasteiger partial charge in [0.1, 0.15) is 15.3 Å².